The van der Waals surface area contributed by atoms with Crippen LogP contribution in [0.1, 0.15) is 56.6 Å². The van der Waals surface area contributed by atoms with Crippen molar-refractivity contribution in [2.45, 2.75) is 42.7 Å². The van der Waals surface area contributed by atoms with Gasteiger partial charge in [-0.15, -0.1) is 0 Å². The van der Waals surface area contributed by atoms with Gasteiger partial charge < -0.3 is 16.4 Å². The highest BCUT2D eigenvalue weighted by Gasteiger charge is 2.24. The van der Waals surface area contributed by atoms with Crippen LogP contribution in [0, 0.1) is 0 Å². The molecule has 0 atom stereocenters. The normalized spacial score (nSPS) is 14.3. The lowest BCUT2D eigenvalue weighted by Gasteiger charge is -2.22. The Kier molecular flexibility index (Phi) is 11.4. The van der Waals surface area contributed by atoms with Crippen molar-refractivity contribution >= 4 is 21.6 Å². The predicted molar refractivity (Wildman–Crippen MR) is 196 cm³/mol. The molecular formula is C40H43ClN4O2S. The molecule has 0 aliphatic heterocycles. The number of hydrogen-bond acceptors (Lipinski definition) is 5. The Morgan fingerprint density at radius 2 is 0.917 bits per heavy atom. The van der Waals surface area contributed by atoms with Crippen molar-refractivity contribution in [2.24, 2.45) is 5.73 Å². The van der Waals surface area contributed by atoms with Gasteiger partial charge in [0.25, 0.3) is 0 Å². The Labute approximate surface area is 289 Å². The van der Waals surface area contributed by atoms with Crippen LogP contribution in [-0.4, -0.2) is 34.6 Å². The average molecular weight is 679 g/mol. The molecule has 0 saturated carbocycles. The maximum Gasteiger partial charge on any atom is 0.240 e. The Bertz CT molecular complexity index is 1840. The maximum absolute atomic E-state index is 12.5. The first-order chi connectivity index (χ1) is 23.4. The van der Waals surface area contributed by atoms with Crippen molar-refractivity contribution in [1.29, 1.82) is 0 Å². The van der Waals surface area contributed by atoms with E-state index in [1.54, 1.807) is 12.1 Å². The molecule has 5 N–H and O–H groups in total. The minimum atomic E-state index is -3.56. The summed E-state index contributed by atoms with van der Waals surface area (Å²) in [6.07, 6.45) is 4.26. The number of fused-ring (bicyclic) bond motifs is 4. The molecule has 0 amide bonds. The second kappa shape index (κ2) is 16.1. The SMILES string of the molecule is NCCNC1c2ccccc2CCc2ccccc21.O=S(=O)(NCCNC1c2ccccc2CCc2ccccc21)c1ccc(Cl)cc1. The first-order valence-corrected chi connectivity index (χ1v) is 18.5. The molecule has 5 aromatic rings. The third kappa shape index (κ3) is 8.06. The van der Waals surface area contributed by atoms with Crippen molar-refractivity contribution in [3.63, 3.8) is 0 Å². The second-order valence-corrected chi connectivity index (χ2v) is 14.4. The van der Waals surface area contributed by atoms with E-state index >= 15 is 0 Å². The highest BCUT2D eigenvalue weighted by molar-refractivity contribution is 7.89. The summed E-state index contributed by atoms with van der Waals surface area (Å²) in [6, 6.07) is 41.0. The lowest BCUT2D eigenvalue weighted by Crippen LogP contribution is -2.34. The first-order valence-electron chi connectivity index (χ1n) is 16.7. The molecule has 0 radical (unpaired) electrons. The number of hydrogen-bond donors (Lipinski definition) is 4. The Balaban J connectivity index is 0.000000182. The molecule has 2 aliphatic carbocycles. The molecule has 0 fully saturated rings. The van der Waals surface area contributed by atoms with E-state index in [1.165, 1.54) is 56.6 Å². The molecule has 7 rings (SSSR count). The lowest BCUT2D eigenvalue weighted by atomic mass is 9.94. The van der Waals surface area contributed by atoms with Gasteiger partial charge in [0, 0.05) is 31.2 Å². The zero-order valence-corrected chi connectivity index (χ0v) is 28.6. The highest BCUT2D eigenvalue weighted by atomic mass is 35.5. The lowest BCUT2D eigenvalue weighted by molar-refractivity contribution is 0.564. The van der Waals surface area contributed by atoms with Crippen molar-refractivity contribution in [1.82, 2.24) is 15.4 Å². The van der Waals surface area contributed by atoms with Crippen LogP contribution < -0.4 is 21.1 Å². The zero-order valence-electron chi connectivity index (χ0n) is 27.0. The molecule has 248 valence electrons. The average Bonchev–Trinajstić information content (AvgIpc) is 3.38. The largest absolute Gasteiger partial charge is 0.329 e. The van der Waals surface area contributed by atoms with Gasteiger partial charge in [-0.3, -0.25) is 0 Å². The summed E-state index contributed by atoms with van der Waals surface area (Å²) in [4.78, 5) is 0.215. The first kappa shape index (κ1) is 34.1. The van der Waals surface area contributed by atoms with Crippen molar-refractivity contribution in [2.75, 3.05) is 26.2 Å². The van der Waals surface area contributed by atoms with Gasteiger partial charge in [0.2, 0.25) is 10.0 Å². The van der Waals surface area contributed by atoms with Crippen LogP contribution in [0.3, 0.4) is 0 Å². The molecule has 0 heterocycles. The van der Waals surface area contributed by atoms with Gasteiger partial charge in [0.05, 0.1) is 17.0 Å². The minimum absolute atomic E-state index is 0.0462. The van der Waals surface area contributed by atoms with Crippen LogP contribution in [0.25, 0.3) is 0 Å². The molecule has 8 heteroatoms. The van der Waals surface area contributed by atoms with Gasteiger partial charge in [-0.25, -0.2) is 13.1 Å². The van der Waals surface area contributed by atoms with Gasteiger partial charge in [0.15, 0.2) is 0 Å². The molecule has 5 aromatic carbocycles. The standard InChI is InChI=1S/C23H23ClN2O2S.C17H20N2/c24-19-11-13-20(14-12-19)29(27,28)26-16-15-25-23-21-7-3-1-5-17(21)9-10-18-6-2-4-8-22(18)23;18-11-12-19-17-15-7-3-1-5-13(15)9-10-14-6-2-4-8-16(14)17/h1-8,11-14,23,25-26H,9-10,15-16H2;1-8,17,19H,9-12,18H2. The molecule has 0 spiro atoms. The monoisotopic (exact) mass is 678 g/mol. The number of sulfonamides is 1. The molecule has 48 heavy (non-hydrogen) atoms. The summed E-state index contributed by atoms with van der Waals surface area (Å²) in [5.74, 6) is 0. The van der Waals surface area contributed by atoms with Gasteiger partial charge in [-0.05, 0) is 94.5 Å². The molecule has 2 aliphatic rings. The molecule has 0 saturated heterocycles. The van der Waals surface area contributed by atoms with Crippen molar-refractivity contribution in [3.05, 3.63) is 171 Å². The smallest absolute Gasteiger partial charge is 0.240 e. The Morgan fingerprint density at radius 1 is 0.542 bits per heavy atom. The van der Waals surface area contributed by atoms with Crippen LogP contribution in [0.4, 0.5) is 0 Å². The van der Waals surface area contributed by atoms with E-state index in [4.69, 9.17) is 17.3 Å². The van der Waals surface area contributed by atoms with E-state index < -0.39 is 10.0 Å². The summed E-state index contributed by atoms with van der Waals surface area (Å²) in [6.45, 7) is 2.32. The van der Waals surface area contributed by atoms with Crippen LogP contribution in [-0.2, 0) is 35.7 Å². The van der Waals surface area contributed by atoms with Crippen LogP contribution in [0.5, 0.6) is 0 Å². The van der Waals surface area contributed by atoms with E-state index in [2.05, 4.69) is 112 Å². The van der Waals surface area contributed by atoms with Crippen LogP contribution in [0.15, 0.2) is 126 Å². The van der Waals surface area contributed by atoms with E-state index in [0.29, 0.717) is 24.7 Å². The summed E-state index contributed by atoms with van der Waals surface area (Å²) in [5, 5.41) is 7.67. The third-order valence-corrected chi connectivity index (χ3v) is 10.9. The second-order valence-electron chi connectivity index (χ2n) is 12.2. The van der Waals surface area contributed by atoms with E-state index in [1.807, 2.05) is 0 Å². The Hall–Kier alpha value is -3.82. The fraction of sp³-hybridized carbons (Fsp3) is 0.250. The number of halogens is 1. The number of nitrogens with two attached hydrogens (primary N) is 1. The number of benzene rings is 5. The van der Waals surface area contributed by atoms with Gasteiger partial charge >= 0.3 is 0 Å². The number of aryl methyl sites for hydroxylation is 4. The predicted octanol–water partition coefficient (Wildman–Crippen LogP) is 6.52. The molecular weight excluding hydrogens is 636 g/mol. The van der Waals surface area contributed by atoms with Crippen molar-refractivity contribution in [3.8, 4) is 0 Å². The summed E-state index contributed by atoms with van der Waals surface area (Å²) in [7, 11) is -3.56. The van der Waals surface area contributed by atoms with E-state index in [0.717, 1.165) is 32.2 Å². The van der Waals surface area contributed by atoms with Crippen molar-refractivity contribution < 1.29 is 8.42 Å². The number of nitrogens with one attached hydrogen (secondary N) is 3. The summed E-state index contributed by atoms with van der Waals surface area (Å²) >= 11 is 5.85. The van der Waals surface area contributed by atoms with E-state index in [-0.39, 0.29) is 17.0 Å². The van der Waals surface area contributed by atoms with Crippen LogP contribution in [0.2, 0.25) is 5.02 Å². The fourth-order valence-electron chi connectivity index (χ4n) is 6.81. The van der Waals surface area contributed by atoms with Crippen LogP contribution >= 0.6 is 11.6 Å². The van der Waals surface area contributed by atoms with E-state index in [9.17, 15) is 8.42 Å². The summed E-state index contributed by atoms with van der Waals surface area (Å²) < 4.78 is 27.6. The molecule has 6 nitrogen and oxygen atoms in total. The minimum Gasteiger partial charge on any atom is -0.329 e. The van der Waals surface area contributed by atoms with Gasteiger partial charge in [-0.2, -0.15) is 0 Å². The third-order valence-electron chi connectivity index (χ3n) is 9.17. The zero-order chi connectivity index (χ0) is 33.3. The van der Waals surface area contributed by atoms with Gasteiger partial charge in [0.1, 0.15) is 0 Å². The molecule has 0 aromatic heterocycles. The number of rotatable bonds is 9. The quantitative estimate of drug-likeness (QED) is 0.133. The van der Waals surface area contributed by atoms with Gasteiger partial charge in [-0.1, -0.05) is 109 Å². The molecule has 0 unspecified atom stereocenters. The topological polar surface area (TPSA) is 96.2 Å². The fourth-order valence-corrected chi connectivity index (χ4v) is 7.97. The molecule has 0 bridgehead atoms. The highest BCUT2D eigenvalue weighted by Crippen LogP contribution is 2.33. The summed E-state index contributed by atoms with van der Waals surface area (Å²) in [5.41, 5.74) is 16.6. The maximum atomic E-state index is 12.5. The Morgan fingerprint density at radius 3 is 1.31 bits per heavy atom.